The average Bonchev–Trinajstić information content (AvgIpc) is 2.54. The fraction of sp³-hybridized carbons (Fsp3) is 0.118. The molecule has 0 bridgehead atoms. The highest BCUT2D eigenvalue weighted by Gasteiger charge is 2.18. The van der Waals surface area contributed by atoms with Crippen molar-refractivity contribution in [1.29, 1.82) is 0 Å². The summed E-state index contributed by atoms with van der Waals surface area (Å²) in [6.07, 6.45) is 1.41. The number of nitrogens with one attached hydrogen (secondary N) is 1. The number of ether oxygens (including phenoxy) is 1. The van der Waals surface area contributed by atoms with Gasteiger partial charge in [-0.3, -0.25) is 9.59 Å². The Labute approximate surface area is 126 Å². The summed E-state index contributed by atoms with van der Waals surface area (Å²) in [6, 6.07) is 10.2. The lowest BCUT2D eigenvalue weighted by atomic mass is 10.0. The van der Waals surface area contributed by atoms with Crippen molar-refractivity contribution >= 4 is 16.8 Å². The number of ketones is 1. The van der Waals surface area contributed by atoms with E-state index in [-0.39, 0.29) is 16.8 Å². The molecule has 3 rings (SSSR count). The molecule has 0 radical (unpaired) electrons. The lowest BCUT2D eigenvalue weighted by Crippen LogP contribution is -2.17. The number of H-pyrrole nitrogens is 1. The van der Waals surface area contributed by atoms with Gasteiger partial charge in [-0.25, -0.2) is 4.98 Å². The number of methoxy groups -OCH3 is 1. The first-order valence-corrected chi connectivity index (χ1v) is 6.78. The summed E-state index contributed by atoms with van der Waals surface area (Å²) < 4.78 is 5.19. The second kappa shape index (κ2) is 5.44. The molecule has 110 valence electrons. The smallest absolute Gasteiger partial charge is 0.202 e. The number of nitrogens with zero attached hydrogens (tertiary/aromatic N) is 1. The fourth-order valence-corrected chi connectivity index (χ4v) is 2.35. The summed E-state index contributed by atoms with van der Waals surface area (Å²) >= 11 is 0. The van der Waals surface area contributed by atoms with Crippen molar-refractivity contribution in [3.63, 3.8) is 0 Å². The van der Waals surface area contributed by atoms with E-state index in [2.05, 4.69) is 9.97 Å². The highest BCUT2D eigenvalue weighted by molar-refractivity contribution is 6.11. The largest absolute Gasteiger partial charge is 0.496 e. The van der Waals surface area contributed by atoms with Gasteiger partial charge in [-0.1, -0.05) is 12.1 Å². The van der Waals surface area contributed by atoms with Crippen LogP contribution in [0.15, 0.2) is 47.4 Å². The van der Waals surface area contributed by atoms with Crippen LogP contribution in [0.3, 0.4) is 0 Å². The SMILES string of the molecule is COc1ccccc1C(=O)c1c[nH]c2nc(C)ccc2c1=O. The van der Waals surface area contributed by atoms with Crippen LogP contribution in [0.5, 0.6) is 5.75 Å². The van der Waals surface area contributed by atoms with Gasteiger partial charge in [0.15, 0.2) is 0 Å². The number of aromatic nitrogens is 2. The van der Waals surface area contributed by atoms with E-state index in [0.717, 1.165) is 5.69 Å². The van der Waals surface area contributed by atoms with E-state index in [1.54, 1.807) is 36.4 Å². The lowest BCUT2D eigenvalue weighted by Gasteiger charge is -2.07. The second-order valence-electron chi connectivity index (χ2n) is 4.91. The van der Waals surface area contributed by atoms with Gasteiger partial charge in [0.2, 0.25) is 11.2 Å². The molecule has 2 aromatic heterocycles. The molecule has 0 atom stereocenters. The number of fused-ring (bicyclic) bond motifs is 1. The van der Waals surface area contributed by atoms with Crippen molar-refractivity contribution in [2.24, 2.45) is 0 Å². The van der Waals surface area contributed by atoms with E-state index in [1.165, 1.54) is 13.3 Å². The van der Waals surface area contributed by atoms with Crippen LogP contribution >= 0.6 is 0 Å². The van der Waals surface area contributed by atoms with Crippen molar-refractivity contribution in [3.05, 3.63) is 69.6 Å². The normalized spacial score (nSPS) is 10.6. The molecule has 1 aromatic carbocycles. The molecule has 3 aromatic rings. The highest BCUT2D eigenvalue weighted by atomic mass is 16.5. The predicted octanol–water partition coefficient (Wildman–Crippen LogP) is 2.47. The number of carbonyl (C=O) groups excluding carboxylic acids is 1. The first kappa shape index (κ1) is 14.0. The van der Waals surface area contributed by atoms with Gasteiger partial charge in [0, 0.05) is 11.9 Å². The molecule has 5 heteroatoms. The van der Waals surface area contributed by atoms with Crippen LogP contribution in [0.2, 0.25) is 0 Å². The maximum atomic E-state index is 12.6. The molecular formula is C17H14N2O3. The number of para-hydroxylation sites is 1. The second-order valence-corrected chi connectivity index (χ2v) is 4.91. The van der Waals surface area contributed by atoms with Crippen LogP contribution < -0.4 is 10.2 Å². The number of benzene rings is 1. The number of rotatable bonds is 3. The summed E-state index contributed by atoms with van der Waals surface area (Å²) in [5, 5.41) is 0.395. The minimum atomic E-state index is -0.374. The molecule has 1 N–H and O–H groups in total. The minimum Gasteiger partial charge on any atom is -0.496 e. The summed E-state index contributed by atoms with van der Waals surface area (Å²) in [5.41, 5.74) is 1.36. The molecule has 0 fully saturated rings. The van der Waals surface area contributed by atoms with Gasteiger partial charge < -0.3 is 9.72 Å². The van der Waals surface area contributed by atoms with E-state index in [9.17, 15) is 9.59 Å². The van der Waals surface area contributed by atoms with Crippen LogP contribution in [-0.2, 0) is 0 Å². The molecule has 5 nitrogen and oxygen atoms in total. The fourth-order valence-electron chi connectivity index (χ4n) is 2.35. The summed E-state index contributed by atoms with van der Waals surface area (Å²) in [6.45, 7) is 1.84. The molecule has 0 saturated carbocycles. The quantitative estimate of drug-likeness (QED) is 0.753. The van der Waals surface area contributed by atoms with E-state index in [0.29, 0.717) is 22.3 Å². The molecule has 0 aliphatic heterocycles. The lowest BCUT2D eigenvalue weighted by molar-refractivity contribution is 0.103. The van der Waals surface area contributed by atoms with Gasteiger partial charge >= 0.3 is 0 Å². The Morgan fingerprint density at radius 3 is 2.68 bits per heavy atom. The molecule has 0 amide bonds. The van der Waals surface area contributed by atoms with Gasteiger partial charge in [0.1, 0.15) is 11.4 Å². The average molecular weight is 294 g/mol. The maximum Gasteiger partial charge on any atom is 0.202 e. The monoisotopic (exact) mass is 294 g/mol. The first-order chi connectivity index (χ1) is 10.6. The Kier molecular flexibility index (Phi) is 3.47. The zero-order valence-corrected chi connectivity index (χ0v) is 12.2. The number of carbonyl (C=O) groups is 1. The van der Waals surface area contributed by atoms with E-state index < -0.39 is 0 Å². The predicted molar refractivity (Wildman–Crippen MR) is 83.5 cm³/mol. The van der Waals surface area contributed by atoms with Crippen LogP contribution in [0, 0.1) is 6.92 Å². The number of hydrogen-bond donors (Lipinski definition) is 1. The Morgan fingerprint density at radius 2 is 1.91 bits per heavy atom. The zero-order valence-electron chi connectivity index (χ0n) is 12.2. The van der Waals surface area contributed by atoms with Gasteiger partial charge in [-0.2, -0.15) is 0 Å². The standard InChI is InChI=1S/C17H14N2O3/c1-10-7-8-12-16(21)13(9-18-17(12)19-10)15(20)11-5-3-4-6-14(11)22-2/h3-9H,1-2H3,(H,18,19,21). The summed E-state index contributed by atoms with van der Waals surface area (Å²) in [4.78, 5) is 32.3. The third-order valence-electron chi connectivity index (χ3n) is 3.47. The molecule has 22 heavy (non-hydrogen) atoms. The Bertz CT molecular complexity index is 929. The van der Waals surface area contributed by atoms with Crippen LogP contribution in [0.1, 0.15) is 21.6 Å². The van der Waals surface area contributed by atoms with E-state index in [1.807, 2.05) is 6.92 Å². The van der Waals surface area contributed by atoms with Crippen molar-refractivity contribution in [1.82, 2.24) is 9.97 Å². The Hall–Kier alpha value is -2.95. The number of aromatic amines is 1. The summed E-state index contributed by atoms with van der Waals surface area (Å²) in [7, 11) is 1.49. The van der Waals surface area contributed by atoms with Gasteiger partial charge in [-0.15, -0.1) is 0 Å². The topological polar surface area (TPSA) is 72.1 Å². The number of hydrogen-bond acceptors (Lipinski definition) is 4. The molecular weight excluding hydrogens is 280 g/mol. The highest BCUT2D eigenvalue weighted by Crippen LogP contribution is 2.20. The van der Waals surface area contributed by atoms with E-state index in [4.69, 9.17) is 4.74 Å². The van der Waals surface area contributed by atoms with Crippen LogP contribution in [-0.4, -0.2) is 22.9 Å². The summed E-state index contributed by atoms with van der Waals surface area (Å²) in [5.74, 6) is 0.0650. The molecule has 0 aliphatic carbocycles. The Balaban J connectivity index is 2.18. The number of pyridine rings is 2. The maximum absolute atomic E-state index is 12.6. The van der Waals surface area contributed by atoms with Gasteiger partial charge in [-0.05, 0) is 31.2 Å². The van der Waals surface area contributed by atoms with E-state index >= 15 is 0 Å². The third-order valence-corrected chi connectivity index (χ3v) is 3.47. The van der Waals surface area contributed by atoms with Gasteiger partial charge in [0.25, 0.3) is 0 Å². The molecule has 0 aliphatic rings. The van der Waals surface area contributed by atoms with Crippen molar-refractivity contribution < 1.29 is 9.53 Å². The Morgan fingerprint density at radius 1 is 1.14 bits per heavy atom. The van der Waals surface area contributed by atoms with Crippen molar-refractivity contribution in [2.75, 3.05) is 7.11 Å². The molecule has 2 heterocycles. The van der Waals surface area contributed by atoms with Crippen molar-refractivity contribution in [2.45, 2.75) is 6.92 Å². The van der Waals surface area contributed by atoms with Crippen LogP contribution in [0.4, 0.5) is 0 Å². The minimum absolute atomic E-state index is 0.0719. The van der Waals surface area contributed by atoms with Gasteiger partial charge in [0.05, 0.1) is 23.6 Å². The molecule has 0 unspecified atom stereocenters. The zero-order chi connectivity index (χ0) is 15.7. The molecule has 0 spiro atoms. The van der Waals surface area contributed by atoms with Crippen LogP contribution in [0.25, 0.3) is 11.0 Å². The molecule has 0 saturated heterocycles. The third kappa shape index (κ3) is 2.26. The first-order valence-electron chi connectivity index (χ1n) is 6.78. The number of aryl methyl sites for hydroxylation is 1. The van der Waals surface area contributed by atoms with Crippen molar-refractivity contribution in [3.8, 4) is 5.75 Å².